The lowest BCUT2D eigenvalue weighted by Gasteiger charge is -2.23. The van der Waals surface area contributed by atoms with E-state index in [1.165, 1.54) is 11.3 Å². The maximum atomic E-state index is 11.5. The van der Waals surface area contributed by atoms with Crippen molar-refractivity contribution in [1.29, 1.82) is 0 Å². The number of benzene rings is 1. The number of rotatable bonds is 6. The molecule has 1 amide bonds. The molecule has 1 atom stereocenters. The summed E-state index contributed by atoms with van der Waals surface area (Å²) in [5.74, 6) is -2.62. The Morgan fingerprint density at radius 1 is 1.18 bits per heavy atom. The number of aliphatic carboxylic acids is 2. The molecule has 3 rings (SSSR count). The standard InChI is InChI=1S/C15H19N3O2.C4H6O4/c1-2-16-10-4-6-14-12(8-10)11-7-9(15(19)18-20)3-5-13(11)17-14;5-3(6)1-2-4(7)8/h3,5,7,10,16-17,20H,2,4,6,8H2,1H3,(H,18,19);1-2H2,(H,5,6)(H,7,8). The molecule has 0 fully saturated rings. The van der Waals surface area contributed by atoms with Crippen LogP contribution in [0.3, 0.4) is 0 Å². The Labute approximate surface area is 161 Å². The molecule has 1 aromatic heterocycles. The van der Waals surface area contributed by atoms with Gasteiger partial charge < -0.3 is 20.5 Å². The molecule has 9 heteroatoms. The van der Waals surface area contributed by atoms with E-state index in [0.717, 1.165) is 36.7 Å². The molecule has 0 radical (unpaired) electrons. The molecule has 2 aromatic rings. The summed E-state index contributed by atoms with van der Waals surface area (Å²) in [6, 6.07) is 5.98. The van der Waals surface area contributed by atoms with Crippen molar-refractivity contribution in [2.75, 3.05) is 6.54 Å². The van der Waals surface area contributed by atoms with Gasteiger partial charge in [0.25, 0.3) is 5.91 Å². The number of aromatic amines is 1. The highest BCUT2D eigenvalue weighted by Crippen LogP contribution is 2.30. The van der Waals surface area contributed by atoms with Crippen LogP contribution in [0.2, 0.25) is 0 Å². The molecule has 0 aliphatic heterocycles. The summed E-state index contributed by atoms with van der Waals surface area (Å²) in [5.41, 5.74) is 5.79. The summed E-state index contributed by atoms with van der Waals surface area (Å²) in [5, 5.41) is 29.1. The van der Waals surface area contributed by atoms with Gasteiger partial charge >= 0.3 is 11.9 Å². The highest BCUT2D eigenvalue weighted by Gasteiger charge is 2.22. The number of aromatic nitrogens is 1. The van der Waals surface area contributed by atoms with Gasteiger partial charge in [0.2, 0.25) is 0 Å². The number of aryl methyl sites for hydroxylation is 1. The van der Waals surface area contributed by atoms with Crippen molar-refractivity contribution < 1.29 is 29.8 Å². The van der Waals surface area contributed by atoms with Gasteiger partial charge in [0.05, 0.1) is 12.8 Å². The number of H-pyrrole nitrogens is 1. The topological polar surface area (TPSA) is 152 Å². The average molecular weight is 391 g/mol. The van der Waals surface area contributed by atoms with Crippen LogP contribution in [0, 0.1) is 0 Å². The van der Waals surface area contributed by atoms with Crippen LogP contribution in [0.15, 0.2) is 18.2 Å². The summed E-state index contributed by atoms with van der Waals surface area (Å²) < 4.78 is 0. The number of hydrogen-bond acceptors (Lipinski definition) is 5. The van der Waals surface area contributed by atoms with E-state index in [4.69, 9.17) is 15.4 Å². The normalized spacial score (nSPS) is 15.3. The molecule has 1 heterocycles. The average Bonchev–Trinajstić information content (AvgIpc) is 3.03. The maximum Gasteiger partial charge on any atom is 0.303 e. The van der Waals surface area contributed by atoms with Gasteiger partial charge in [0.15, 0.2) is 0 Å². The minimum atomic E-state index is -1.08. The number of amides is 1. The molecule has 0 spiro atoms. The van der Waals surface area contributed by atoms with Crippen LogP contribution in [0.4, 0.5) is 0 Å². The Morgan fingerprint density at radius 2 is 1.86 bits per heavy atom. The number of likely N-dealkylation sites (N-methyl/N-ethyl adjacent to an activating group) is 1. The van der Waals surface area contributed by atoms with Crippen molar-refractivity contribution in [3.8, 4) is 0 Å². The zero-order valence-corrected chi connectivity index (χ0v) is 15.6. The number of carboxylic acid groups (broad SMARTS) is 2. The van der Waals surface area contributed by atoms with Gasteiger partial charge in [0, 0.05) is 28.2 Å². The van der Waals surface area contributed by atoms with Crippen LogP contribution in [-0.4, -0.2) is 50.8 Å². The van der Waals surface area contributed by atoms with Crippen molar-refractivity contribution in [2.24, 2.45) is 0 Å². The highest BCUT2D eigenvalue weighted by atomic mass is 16.5. The molecule has 1 aromatic carbocycles. The van der Waals surface area contributed by atoms with Gasteiger partial charge in [-0.3, -0.25) is 19.6 Å². The lowest BCUT2D eigenvalue weighted by Crippen LogP contribution is -2.34. The van der Waals surface area contributed by atoms with E-state index in [-0.39, 0.29) is 12.8 Å². The van der Waals surface area contributed by atoms with E-state index in [1.54, 1.807) is 11.5 Å². The van der Waals surface area contributed by atoms with Gasteiger partial charge in [-0.1, -0.05) is 6.92 Å². The van der Waals surface area contributed by atoms with Crippen LogP contribution in [-0.2, 0) is 22.4 Å². The first-order valence-electron chi connectivity index (χ1n) is 9.10. The van der Waals surface area contributed by atoms with Crippen molar-refractivity contribution in [2.45, 2.75) is 45.1 Å². The Bertz CT molecular complexity index is 847. The van der Waals surface area contributed by atoms with Gasteiger partial charge in [-0.15, -0.1) is 0 Å². The minimum Gasteiger partial charge on any atom is -0.481 e. The number of carbonyl (C=O) groups is 3. The fourth-order valence-electron chi connectivity index (χ4n) is 3.30. The fraction of sp³-hybridized carbons (Fsp3) is 0.421. The summed E-state index contributed by atoms with van der Waals surface area (Å²) in [6.45, 7) is 3.09. The summed E-state index contributed by atoms with van der Waals surface area (Å²) in [6.07, 6.45) is 2.55. The third-order valence-electron chi connectivity index (χ3n) is 4.60. The van der Waals surface area contributed by atoms with E-state index in [9.17, 15) is 14.4 Å². The molecular weight excluding hydrogens is 366 g/mol. The van der Waals surface area contributed by atoms with Crippen molar-refractivity contribution in [3.05, 3.63) is 35.0 Å². The van der Waals surface area contributed by atoms with Gasteiger partial charge in [-0.25, -0.2) is 5.48 Å². The molecular formula is C19H25N3O6. The number of fused-ring (bicyclic) bond motifs is 3. The van der Waals surface area contributed by atoms with E-state index >= 15 is 0 Å². The first-order valence-corrected chi connectivity index (χ1v) is 9.10. The fourth-order valence-corrected chi connectivity index (χ4v) is 3.30. The monoisotopic (exact) mass is 391 g/mol. The number of hydrogen-bond donors (Lipinski definition) is 6. The second-order valence-corrected chi connectivity index (χ2v) is 6.57. The molecule has 6 N–H and O–H groups in total. The SMILES string of the molecule is CCNC1CCc2[nH]c3ccc(C(=O)NO)cc3c2C1.O=C(O)CCC(=O)O. The summed E-state index contributed by atoms with van der Waals surface area (Å²) in [7, 11) is 0. The van der Waals surface area contributed by atoms with Crippen LogP contribution in [0.5, 0.6) is 0 Å². The Morgan fingerprint density at radius 3 is 2.43 bits per heavy atom. The molecule has 28 heavy (non-hydrogen) atoms. The Kier molecular flexibility index (Phi) is 7.53. The number of carbonyl (C=O) groups excluding carboxylic acids is 1. The Balaban J connectivity index is 0.000000300. The second-order valence-electron chi connectivity index (χ2n) is 6.57. The molecule has 1 unspecified atom stereocenters. The van der Waals surface area contributed by atoms with E-state index in [1.807, 2.05) is 12.1 Å². The maximum absolute atomic E-state index is 11.5. The van der Waals surface area contributed by atoms with E-state index in [2.05, 4.69) is 17.2 Å². The third-order valence-corrected chi connectivity index (χ3v) is 4.60. The van der Waals surface area contributed by atoms with E-state index < -0.39 is 17.8 Å². The minimum absolute atomic E-state index is 0.296. The predicted octanol–water partition coefficient (Wildman–Crippen LogP) is 1.69. The molecule has 0 saturated heterocycles. The first-order chi connectivity index (χ1) is 13.3. The van der Waals surface area contributed by atoms with E-state index in [0.29, 0.717) is 11.6 Å². The molecule has 152 valence electrons. The van der Waals surface area contributed by atoms with Crippen molar-refractivity contribution in [1.82, 2.24) is 15.8 Å². The molecule has 1 aliphatic carbocycles. The molecule has 0 bridgehead atoms. The lowest BCUT2D eigenvalue weighted by molar-refractivity contribution is -0.143. The first kappa shape index (κ1) is 21.4. The zero-order valence-electron chi connectivity index (χ0n) is 15.6. The molecule has 1 aliphatic rings. The lowest BCUT2D eigenvalue weighted by atomic mass is 9.91. The molecule has 9 nitrogen and oxygen atoms in total. The quantitative estimate of drug-likeness (QED) is 0.324. The molecule has 0 saturated carbocycles. The highest BCUT2D eigenvalue weighted by molar-refractivity contribution is 5.98. The van der Waals surface area contributed by atoms with Crippen LogP contribution >= 0.6 is 0 Å². The van der Waals surface area contributed by atoms with Gasteiger partial charge in [-0.2, -0.15) is 0 Å². The number of hydroxylamine groups is 1. The predicted molar refractivity (Wildman–Crippen MR) is 102 cm³/mol. The second kappa shape index (κ2) is 9.86. The number of carboxylic acids is 2. The van der Waals surface area contributed by atoms with Crippen LogP contribution in [0.25, 0.3) is 10.9 Å². The largest absolute Gasteiger partial charge is 0.481 e. The van der Waals surface area contributed by atoms with Crippen molar-refractivity contribution >= 4 is 28.7 Å². The van der Waals surface area contributed by atoms with Crippen LogP contribution in [0.1, 0.15) is 47.8 Å². The smallest absolute Gasteiger partial charge is 0.303 e. The van der Waals surface area contributed by atoms with Crippen LogP contribution < -0.4 is 10.8 Å². The Hall–Kier alpha value is -2.91. The number of nitrogens with one attached hydrogen (secondary N) is 3. The summed E-state index contributed by atoms with van der Waals surface area (Å²) >= 11 is 0. The third kappa shape index (κ3) is 5.54. The van der Waals surface area contributed by atoms with Crippen molar-refractivity contribution in [3.63, 3.8) is 0 Å². The van der Waals surface area contributed by atoms with Gasteiger partial charge in [-0.05, 0) is 49.6 Å². The summed E-state index contributed by atoms with van der Waals surface area (Å²) in [4.78, 5) is 34.3. The zero-order chi connectivity index (χ0) is 20.7. The van der Waals surface area contributed by atoms with Gasteiger partial charge in [0.1, 0.15) is 0 Å².